The van der Waals surface area contributed by atoms with Crippen molar-refractivity contribution in [1.82, 2.24) is 5.32 Å². The number of carbonyl (C=O) groups excluding carboxylic acids is 2. The van der Waals surface area contributed by atoms with Crippen LogP contribution in [0.15, 0.2) is 30.3 Å². The van der Waals surface area contributed by atoms with Crippen LogP contribution in [0.25, 0.3) is 0 Å². The van der Waals surface area contributed by atoms with Crippen molar-refractivity contribution in [3.8, 4) is 5.75 Å². The van der Waals surface area contributed by atoms with E-state index in [0.29, 0.717) is 17.2 Å². The summed E-state index contributed by atoms with van der Waals surface area (Å²) in [6.45, 7) is 5.80. The fourth-order valence-corrected chi connectivity index (χ4v) is 3.40. The Bertz CT molecular complexity index is 856. The lowest BCUT2D eigenvalue weighted by Gasteiger charge is -2.14. The summed E-state index contributed by atoms with van der Waals surface area (Å²) in [5, 5.41) is 6.11. The highest BCUT2D eigenvalue weighted by Crippen LogP contribution is 2.31. The van der Waals surface area contributed by atoms with Gasteiger partial charge in [0.1, 0.15) is 5.75 Å². The average molecular weight is 373 g/mol. The minimum atomic E-state index is -0.640. The first-order chi connectivity index (χ1) is 12.3. The third-order valence-electron chi connectivity index (χ3n) is 4.35. The molecule has 6 heteroatoms. The molecule has 1 heterocycles. The molecule has 1 aliphatic heterocycles. The summed E-state index contributed by atoms with van der Waals surface area (Å²) in [4.78, 5) is 24.5. The van der Waals surface area contributed by atoms with Gasteiger partial charge in [0.15, 0.2) is 6.10 Å². The number of halogens is 1. The molecule has 0 bridgehead atoms. The summed E-state index contributed by atoms with van der Waals surface area (Å²) in [5.41, 5.74) is 4.81. The number of benzene rings is 2. The van der Waals surface area contributed by atoms with E-state index in [1.165, 1.54) is 0 Å². The first kappa shape index (κ1) is 18.3. The number of anilines is 1. The molecule has 0 aromatic heterocycles. The van der Waals surface area contributed by atoms with Crippen molar-refractivity contribution in [2.24, 2.45) is 0 Å². The molecule has 0 radical (unpaired) electrons. The minimum absolute atomic E-state index is 0.109. The highest BCUT2D eigenvalue weighted by atomic mass is 35.5. The van der Waals surface area contributed by atoms with Gasteiger partial charge in [0, 0.05) is 17.1 Å². The van der Waals surface area contributed by atoms with E-state index in [4.69, 9.17) is 16.3 Å². The van der Waals surface area contributed by atoms with Gasteiger partial charge in [-0.3, -0.25) is 9.59 Å². The molecular weight excluding hydrogens is 352 g/mol. The van der Waals surface area contributed by atoms with Gasteiger partial charge >= 0.3 is 0 Å². The monoisotopic (exact) mass is 372 g/mol. The normalized spacial score (nSPS) is 15.2. The standard InChI is InChI=1S/C20H21ClN2O3/c1-11-6-12(2)19(13(3)7-11)23-18(24)10-22-20(25)17-9-14-8-15(21)4-5-16(14)26-17/h4-8,17H,9-10H2,1-3H3,(H,22,25)(H,23,24). The van der Waals surface area contributed by atoms with Crippen LogP contribution < -0.4 is 15.4 Å². The topological polar surface area (TPSA) is 67.4 Å². The molecule has 26 heavy (non-hydrogen) atoms. The van der Waals surface area contributed by atoms with Gasteiger partial charge in [0.25, 0.3) is 5.91 Å². The molecule has 3 rings (SSSR count). The maximum Gasteiger partial charge on any atom is 0.261 e. The van der Waals surface area contributed by atoms with E-state index in [-0.39, 0.29) is 18.4 Å². The Labute approximate surface area is 157 Å². The first-order valence-electron chi connectivity index (χ1n) is 8.44. The fourth-order valence-electron chi connectivity index (χ4n) is 3.21. The Hall–Kier alpha value is -2.53. The van der Waals surface area contributed by atoms with Crippen LogP contribution in [0.1, 0.15) is 22.3 Å². The Morgan fingerprint density at radius 2 is 1.85 bits per heavy atom. The second-order valence-corrected chi connectivity index (χ2v) is 7.04. The zero-order valence-corrected chi connectivity index (χ0v) is 15.7. The largest absolute Gasteiger partial charge is 0.480 e. The Morgan fingerprint density at radius 1 is 1.15 bits per heavy atom. The predicted molar refractivity (Wildman–Crippen MR) is 102 cm³/mol. The van der Waals surface area contributed by atoms with E-state index in [9.17, 15) is 9.59 Å². The Morgan fingerprint density at radius 3 is 2.54 bits per heavy atom. The second kappa shape index (κ2) is 7.38. The molecular formula is C20H21ClN2O3. The number of aryl methyl sites for hydroxylation is 3. The van der Waals surface area contributed by atoms with Gasteiger partial charge in [-0.2, -0.15) is 0 Å². The number of carbonyl (C=O) groups is 2. The average Bonchev–Trinajstić information content (AvgIpc) is 2.99. The molecule has 0 saturated carbocycles. The molecule has 2 N–H and O–H groups in total. The smallest absolute Gasteiger partial charge is 0.261 e. The van der Waals surface area contributed by atoms with Crippen molar-refractivity contribution < 1.29 is 14.3 Å². The summed E-state index contributed by atoms with van der Waals surface area (Å²) in [6.07, 6.45) is -0.196. The van der Waals surface area contributed by atoms with Crippen molar-refractivity contribution in [1.29, 1.82) is 0 Å². The molecule has 1 unspecified atom stereocenters. The number of rotatable bonds is 4. The number of fused-ring (bicyclic) bond motifs is 1. The van der Waals surface area contributed by atoms with Gasteiger partial charge in [-0.15, -0.1) is 0 Å². The van der Waals surface area contributed by atoms with Gasteiger partial charge < -0.3 is 15.4 Å². The lowest BCUT2D eigenvalue weighted by molar-refractivity contribution is -0.129. The predicted octanol–water partition coefficient (Wildman–Crippen LogP) is 3.32. The van der Waals surface area contributed by atoms with E-state index in [0.717, 1.165) is 27.9 Å². The molecule has 2 aromatic carbocycles. The van der Waals surface area contributed by atoms with E-state index < -0.39 is 6.10 Å². The third-order valence-corrected chi connectivity index (χ3v) is 4.59. The van der Waals surface area contributed by atoms with Crippen molar-refractivity contribution in [2.45, 2.75) is 33.3 Å². The van der Waals surface area contributed by atoms with Gasteiger partial charge in [-0.25, -0.2) is 0 Å². The number of amides is 2. The highest BCUT2D eigenvalue weighted by molar-refractivity contribution is 6.30. The Balaban J connectivity index is 1.55. The Kier molecular flexibility index (Phi) is 5.18. The van der Waals surface area contributed by atoms with Crippen LogP contribution >= 0.6 is 11.6 Å². The van der Waals surface area contributed by atoms with Gasteiger partial charge in [-0.1, -0.05) is 29.3 Å². The lowest BCUT2D eigenvalue weighted by atomic mass is 10.1. The van der Waals surface area contributed by atoms with Crippen molar-refractivity contribution in [2.75, 3.05) is 11.9 Å². The second-order valence-electron chi connectivity index (χ2n) is 6.60. The maximum atomic E-state index is 12.3. The zero-order valence-electron chi connectivity index (χ0n) is 15.0. The summed E-state index contributed by atoms with van der Waals surface area (Å²) < 4.78 is 5.62. The van der Waals surface area contributed by atoms with Gasteiger partial charge in [-0.05, 0) is 55.7 Å². The van der Waals surface area contributed by atoms with E-state index in [1.54, 1.807) is 18.2 Å². The van der Waals surface area contributed by atoms with Crippen LogP contribution in [-0.4, -0.2) is 24.5 Å². The van der Waals surface area contributed by atoms with E-state index in [1.807, 2.05) is 32.9 Å². The van der Waals surface area contributed by atoms with Crippen molar-refractivity contribution in [3.63, 3.8) is 0 Å². The molecule has 5 nitrogen and oxygen atoms in total. The van der Waals surface area contributed by atoms with Gasteiger partial charge in [0.2, 0.25) is 5.91 Å². The summed E-state index contributed by atoms with van der Waals surface area (Å²) in [6, 6.07) is 9.28. The molecule has 2 aromatic rings. The fraction of sp³-hybridized carbons (Fsp3) is 0.300. The van der Waals surface area contributed by atoms with Crippen molar-refractivity contribution in [3.05, 3.63) is 57.6 Å². The maximum absolute atomic E-state index is 12.3. The SMILES string of the molecule is Cc1cc(C)c(NC(=O)CNC(=O)C2Cc3cc(Cl)ccc3O2)c(C)c1. The molecule has 2 amide bonds. The molecule has 1 aliphatic rings. The number of ether oxygens (including phenoxy) is 1. The minimum Gasteiger partial charge on any atom is -0.480 e. The van der Waals surface area contributed by atoms with Crippen LogP contribution in [0.2, 0.25) is 5.02 Å². The van der Waals surface area contributed by atoms with E-state index >= 15 is 0 Å². The molecule has 1 atom stereocenters. The van der Waals surface area contributed by atoms with Crippen molar-refractivity contribution >= 4 is 29.1 Å². The number of nitrogens with one attached hydrogen (secondary N) is 2. The van der Waals surface area contributed by atoms with Gasteiger partial charge in [0.05, 0.1) is 6.54 Å². The summed E-state index contributed by atoms with van der Waals surface area (Å²) in [7, 11) is 0. The molecule has 136 valence electrons. The molecule has 0 spiro atoms. The summed E-state index contributed by atoms with van der Waals surface area (Å²) >= 11 is 5.96. The quantitative estimate of drug-likeness (QED) is 0.865. The van der Waals surface area contributed by atoms with Crippen LogP contribution in [0.4, 0.5) is 5.69 Å². The lowest BCUT2D eigenvalue weighted by Crippen LogP contribution is -2.41. The highest BCUT2D eigenvalue weighted by Gasteiger charge is 2.29. The van der Waals surface area contributed by atoms with Crippen LogP contribution in [-0.2, 0) is 16.0 Å². The molecule has 0 aliphatic carbocycles. The van der Waals surface area contributed by atoms with E-state index in [2.05, 4.69) is 10.6 Å². The van der Waals surface area contributed by atoms with Crippen LogP contribution in [0.3, 0.4) is 0 Å². The zero-order chi connectivity index (χ0) is 18.8. The number of hydrogen-bond donors (Lipinski definition) is 2. The first-order valence-corrected chi connectivity index (χ1v) is 8.82. The summed E-state index contributed by atoms with van der Waals surface area (Å²) in [5.74, 6) is 0.0710. The van der Waals surface area contributed by atoms with Crippen LogP contribution in [0, 0.1) is 20.8 Å². The molecule has 0 fully saturated rings. The molecule has 0 saturated heterocycles. The van der Waals surface area contributed by atoms with Crippen LogP contribution in [0.5, 0.6) is 5.75 Å². The number of hydrogen-bond acceptors (Lipinski definition) is 3. The third kappa shape index (κ3) is 3.99.